The van der Waals surface area contributed by atoms with Crippen LogP contribution in [0.4, 0.5) is 5.82 Å². The minimum Gasteiger partial charge on any atom is -0.346 e. The maximum atomic E-state index is 12.7. The van der Waals surface area contributed by atoms with E-state index >= 15 is 0 Å². The fourth-order valence-corrected chi connectivity index (χ4v) is 4.81. The fraction of sp³-hybridized carbons (Fsp3) is 0.294. The Balaban J connectivity index is 1.54. The Hall–Kier alpha value is -1.99. The van der Waals surface area contributed by atoms with Gasteiger partial charge in [-0.25, -0.2) is 0 Å². The van der Waals surface area contributed by atoms with Crippen LogP contribution in [0.3, 0.4) is 0 Å². The summed E-state index contributed by atoms with van der Waals surface area (Å²) < 4.78 is 3.88. The molecule has 0 aromatic carbocycles. The number of anilines is 1. The Morgan fingerprint density at radius 1 is 1.38 bits per heavy atom. The molecule has 0 aliphatic carbocycles. The molecule has 0 unspecified atom stereocenters. The molecule has 0 bridgehead atoms. The van der Waals surface area contributed by atoms with Gasteiger partial charge in [0.2, 0.25) is 5.91 Å². The van der Waals surface area contributed by atoms with Gasteiger partial charge in [0.25, 0.3) is 0 Å². The second-order valence-electron chi connectivity index (χ2n) is 5.85. The lowest BCUT2D eigenvalue weighted by Crippen LogP contribution is -2.21. The van der Waals surface area contributed by atoms with E-state index in [4.69, 9.17) is 0 Å². The second-order valence-corrected chi connectivity index (χ2v) is 7.61. The first-order valence-corrected chi connectivity index (χ1v) is 9.89. The smallest absolute Gasteiger partial charge is 0.227 e. The van der Waals surface area contributed by atoms with Crippen LogP contribution >= 0.6 is 23.1 Å². The highest BCUT2D eigenvalue weighted by molar-refractivity contribution is 7.98. The fourth-order valence-electron chi connectivity index (χ4n) is 3.07. The highest BCUT2D eigenvalue weighted by Gasteiger charge is 2.24. The number of nitrogens with zero attached hydrogens (tertiary/aromatic N) is 3. The number of rotatable bonds is 5. The molecule has 1 aliphatic rings. The first-order valence-electron chi connectivity index (χ1n) is 7.79. The van der Waals surface area contributed by atoms with Gasteiger partial charge in [0.15, 0.2) is 0 Å². The minimum absolute atomic E-state index is 0.0156. The van der Waals surface area contributed by atoms with Crippen LogP contribution in [0.15, 0.2) is 41.4 Å². The summed E-state index contributed by atoms with van der Waals surface area (Å²) in [5, 5.41) is 11.7. The van der Waals surface area contributed by atoms with E-state index in [2.05, 4.69) is 31.8 Å². The van der Waals surface area contributed by atoms with Crippen molar-refractivity contribution in [1.82, 2.24) is 14.3 Å². The van der Waals surface area contributed by atoms with Crippen molar-refractivity contribution >= 4 is 34.8 Å². The Labute approximate surface area is 148 Å². The van der Waals surface area contributed by atoms with Crippen molar-refractivity contribution in [2.75, 3.05) is 5.32 Å². The average Bonchev–Trinajstić information content (AvgIpc) is 3.33. The molecule has 0 radical (unpaired) electrons. The minimum atomic E-state index is 0.0156. The van der Waals surface area contributed by atoms with Gasteiger partial charge in [-0.15, -0.1) is 0 Å². The van der Waals surface area contributed by atoms with Crippen LogP contribution in [-0.2, 0) is 23.3 Å². The quantitative estimate of drug-likeness (QED) is 0.757. The molecule has 4 rings (SSSR count). The first kappa shape index (κ1) is 15.5. The number of hydrogen-bond donors (Lipinski definition) is 1. The van der Waals surface area contributed by atoms with Crippen LogP contribution in [0.1, 0.15) is 29.3 Å². The molecular formula is C17H18N4OS2. The number of thioether (sulfide) groups is 1. The molecule has 1 atom stereocenters. The first-order chi connectivity index (χ1) is 11.7. The highest BCUT2D eigenvalue weighted by Crippen LogP contribution is 2.34. The number of carbonyl (C=O) groups is 1. The Bertz CT molecular complexity index is 802. The summed E-state index contributed by atoms with van der Waals surface area (Å²) in [5.41, 5.74) is 3.43. The van der Waals surface area contributed by atoms with Crippen molar-refractivity contribution in [2.45, 2.75) is 24.0 Å². The lowest BCUT2D eigenvalue weighted by Gasteiger charge is -2.18. The van der Waals surface area contributed by atoms with Crippen LogP contribution in [0.2, 0.25) is 0 Å². The number of carbonyl (C=O) groups excluding carboxylic acids is 1. The molecule has 0 spiro atoms. The molecule has 1 N–H and O–H groups in total. The number of amides is 1. The molecule has 3 aromatic rings. The Kier molecular flexibility index (Phi) is 4.20. The normalized spacial score (nSPS) is 14.5. The summed E-state index contributed by atoms with van der Waals surface area (Å²) in [6.07, 6.45) is 4.42. The SMILES string of the molecule is Cn1nc2c(c1NC(=O)C[C@@H](c1ccsc1)n1cccc1)CSC2. The molecule has 0 saturated heterocycles. The van der Waals surface area contributed by atoms with Gasteiger partial charge < -0.3 is 9.88 Å². The molecule has 1 aliphatic heterocycles. The number of aryl methyl sites for hydroxylation is 1. The van der Waals surface area contributed by atoms with Gasteiger partial charge in [-0.1, -0.05) is 0 Å². The number of fused-ring (bicyclic) bond motifs is 1. The molecule has 0 saturated carbocycles. The lowest BCUT2D eigenvalue weighted by atomic mass is 10.1. The molecule has 24 heavy (non-hydrogen) atoms. The Morgan fingerprint density at radius 2 is 2.21 bits per heavy atom. The lowest BCUT2D eigenvalue weighted by molar-refractivity contribution is -0.116. The van der Waals surface area contributed by atoms with Crippen LogP contribution in [0.25, 0.3) is 0 Å². The Morgan fingerprint density at radius 3 is 2.96 bits per heavy atom. The van der Waals surface area contributed by atoms with E-state index in [0.29, 0.717) is 6.42 Å². The molecule has 4 heterocycles. The average molecular weight is 358 g/mol. The zero-order valence-corrected chi connectivity index (χ0v) is 14.9. The summed E-state index contributed by atoms with van der Waals surface area (Å²) in [4.78, 5) is 12.7. The van der Waals surface area contributed by atoms with Gasteiger partial charge in [0.05, 0.1) is 18.2 Å². The van der Waals surface area contributed by atoms with Gasteiger partial charge in [-0.05, 0) is 34.5 Å². The van der Waals surface area contributed by atoms with Gasteiger partial charge in [-0.3, -0.25) is 9.48 Å². The monoisotopic (exact) mass is 358 g/mol. The molecular weight excluding hydrogens is 340 g/mol. The largest absolute Gasteiger partial charge is 0.346 e. The summed E-state index contributed by atoms with van der Waals surface area (Å²) in [7, 11) is 1.89. The predicted octanol–water partition coefficient (Wildman–Crippen LogP) is 3.65. The van der Waals surface area contributed by atoms with E-state index in [0.717, 1.165) is 28.6 Å². The number of thiophene rings is 1. The molecule has 0 fully saturated rings. The van der Waals surface area contributed by atoms with Gasteiger partial charge in [0, 0.05) is 36.5 Å². The third-order valence-electron chi connectivity index (χ3n) is 4.27. The van der Waals surface area contributed by atoms with Crippen LogP contribution in [0, 0.1) is 0 Å². The third-order valence-corrected chi connectivity index (χ3v) is 5.94. The maximum Gasteiger partial charge on any atom is 0.227 e. The zero-order chi connectivity index (χ0) is 16.5. The molecule has 1 amide bonds. The summed E-state index contributed by atoms with van der Waals surface area (Å²) in [5.74, 6) is 2.71. The van der Waals surface area contributed by atoms with Crippen molar-refractivity contribution in [3.63, 3.8) is 0 Å². The summed E-state index contributed by atoms with van der Waals surface area (Å²) in [6.45, 7) is 0. The third kappa shape index (κ3) is 2.89. The van der Waals surface area contributed by atoms with Crippen molar-refractivity contribution in [2.24, 2.45) is 7.05 Å². The van der Waals surface area contributed by atoms with E-state index in [-0.39, 0.29) is 11.9 Å². The standard InChI is InChI=1S/C17H18N4OS2/c1-20-17(13-10-24-11-14(13)19-20)18-16(22)8-15(12-4-7-23-9-12)21-5-2-3-6-21/h2-7,9,15H,8,10-11H2,1H3,(H,18,22)/t15-/m0/s1. The molecule has 5 nitrogen and oxygen atoms in total. The predicted molar refractivity (Wildman–Crippen MR) is 98.3 cm³/mol. The number of hydrogen-bond acceptors (Lipinski definition) is 4. The zero-order valence-electron chi connectivity index (χ0n) is 13.3. The van der Waals surface area contributed by atoms with E-state index in [1.165, 1.54) is 5.56 Å². The number of aromatic nitrogens is 3. The van der Waals surface area contributed by atoms with E-state index in [1.807, 2.05) is 43.3 Å². The summed E-state index contributed by atoms with van der Waals surface area (Å²) in [6, 6.07) is 6.08. The highest BCUT2D eigenvalue weighted by atomic mass is 32.2. The second kappa shape index (κ2) is 6.49. The number of nitrogens with one attached hydrogen (secondary N) is 1. The topological polar surface area (TPSA) is 51.9 Å². The maximum absolute atomic E-state index is 12.7. The van der Waals surface area contributed by atoms with E-state index < -0.39 is 0 Å². The van der Waals surface area contributed by atoms with Crippen molar-refractivity contribution < 1.29 is 4.79 Å². The van der Waals surface area contributed by atoms with Crippen molar-refractivity contribution in [1.29, 1.82) is 0 Å². The van der Waals surface area contributed by atoms with E-state index in [9.17, 15) is 4.79 Å². The van der Waals surface area contributed by atoms with Crippen LogP contribution < -0.4 is 5.32 Å². The van der Waals surface area contributed by atoms with Crippen LogP contribution in [-0.4, -0.2) is 20.3 Å². The van der Waals surface area contributed by atoms with Crippen LogP contribution in [0.5, 0.6) is 0 Å². The van der Waals surface area contributed by atoms with Gasteiger partial charge in [0.1, 0.15) is 5.82 Å². The van der Waals surface area contributed by atoms with E-state index in [1.54, 1.807) is 16.0 Å². The summed E-state index contributed by atoms with van der Waals surface area (Å²) >= 11 is 3.49. The van der Waals surface area contributed by atoms with Gasteiger partial charge >= 0.3 is 0 Å². The molecule has 7 heteroatoms. The van der Waals surface area contributed by atoms with Crippen molar-refractivity contribution in [3.05, 3.63) is 58.2 Å². The molecule has 3 aromatic heterocycles. The van der Waals surface area contributed by atoms with Gasteiger partial charge in [-0.2, -0.15) is 28.2 Å². The molecule has 124 valence electrons. The van der Waals surface area contributed by atoms with Crippen molar-refractivity contribution in [3.8, 4) is 0 Å².